The number of fused-ring (bicyclic) bond motifs is 3. The van der Waals surface area contributed by atoms with E-state index >= 15 is 0 Å². The fraction of sp³-hybridized carbons (Fsp3) is 0.278. The van der Waals surface area contributed by atoms with Gasteiger partial charge in [-0.15, -0.1) is 10.2 Å². The summed E-state index contributed by atoms with van der Waals surface area (Å²) >= 11 is 0. The molecule has 1 aromatic carbocycles. The Labute approximate surface area is 129 Å². The third kappa shape index (κ3) is 1.80. The van der Waals surface area contributed by atoms with Crippen LogP contribution in [0.5, 0.6) is 0 Å². The van der Waals surface area contributed by atoms with E-state index in [0.29, 0.717) is 0 Å². The largest absolute Gasteiger partial charge is 0.301 e. The molecular formula is C18H18N4. The molecule has 0 spiro atoms. The van der Waals surface area contributed by atoms with Gasteiger partial charge in [0.05, 0.1) is 0 Å². The molecule has 1 aliphatic rings. The summed E-state index contributed by atoms with van der Waals surface area (Å²) in [4.78, 5) is 4.23. The molecule has 0 radical (unpaired) electrons. The molecule has 1 aliphatic heterocycles. The van der Waals surface area contributed by atoms with Gasteiger partial charge in [-0.2, -0.15) is 0 Å². The molecule has 2 aromatic heterocycles. The standard InChI is InChI=1S/C18H18N4/c1-3-18(2)11-13-7-4-5-9-15(13)17-21-20-16(22(17)18)14-8-6-10-19-12-14/h4-10,12H,3,11H2,1-2H3/t18-/m1/s1. The van der Waals surface area contributed by atoms with E-state index in [1.54, 1.807) is 6.20 Å². The monoisotopic (exact) mass is 290 g/mol. The summed E-state index contributed by atoms with van der Waals surface area (Å²) in [6, 6.07) is 12.5. The Balaban J connectivity index is 2.00. The van der Waals surface area contributed by atoms with E-state index in [2.05, 4.69) is 57.9 Å². The lowest BCUT2D eigenvalue weighted by Gasteiger charge is -2.37. The first-order valence-electron chi connectivity index (χ1n) is 7.67. The Morgan fingerprint density at radius 3 is 2.68 bits per heavy atom. The van der Waals surface area contributed by atoms with Crippen LogP contribution < -0.4 is 0 Å². The SMILES string of the molecule is CC[C@]1(C)Cc2ccccc2-c2nnc(-c3cccnc3)n21. The predicted molar refractivity (Wildman–Crippen MR) is 86.3 cm³/mol. The van der Waals surface area contributed by atoms with Gasteiger partial charge in [-0.1, -0.05) is 31.2 Å². The van der Waals surface area contributed by atoms with Crippen LogP contribution in [0, 0.1) is 0 Å². The number of benzene rings is 1. The Morgan fingerprint density at radius 1 is 1.09 bits per heavy atom. The summed E-state index contributed by atoms with van der Waals surface area (Å²) < 4.78 is 2.30. The molecule has 3 aromatic rings. The van der Waals surface area contributed by atoms with Crippen molar-refractivity contribution >= 4 is 0 Å². The average Bonchev–Trinajstić information content (AvgIpc) is 3.02. The zero-order valence-corrected chi connectivity index (χ0v) is 12.8. The molecule has 0 amide bonds. The third-order valence-corrected chi connectivity index (χ3v) is 4.71. The molecule has 0 fully saturated rings. The van der Waals surface area contributed by atoms with Gasteiger partial charge in [0.25, 0.3) is 0 Å². The molecule has 4 rings (SSSR count). The maximum Gasteiger partial charge on any atom is 0.166 e. The minimum atomic E-state index is -0.0155. The Kier molecular flexibility index (Phi) is 2.86. The van der Waals surface area contributed by atoms with E-state index in [9.17, 15) is 0 Å². The molecule has 0 saturated carbocycles. The molecule has 110 valence electrons. The molecule has 0 N–H and O–H groups in total. The van der Waals surface area contributed by atoms with Crippen molar-refractivity contribution in [3.8, 4) is 22.8 Å². The highest BCUT2D eigenvalue weighted by atomic mass is 15.3. The summed E-state index contributed by atoms with van der Waals surface area (Å²) in [5, 5.41) is 8.99. The summed E-state index contributed by atoms with van der Waals surface area (Å²) in [6.07, 6.45) is 5.66. The molecule has 1 atom stereocenters. The average molecular weight is 290 g/mol. The van der Waals surface area contributed by atoms with Crippen molar-refractivity contribution in [2.24, 2.45) is 0 Å². The fourth-order valence-corrected chi connectivity index (χ4v) is 3.32. The highest BCUT2D eigenvalue weighted by molar-refractivity contribution is 5.67. The van der Waals surface area contributed by atoms with Crippen LogP contribution in [0.2, 0.25) is 0 Å². The summed E-state index contributed by atoms with van der Waals surface area (Å²) in [5.74, 6) is 1.87. The van der Waals surface area contributed by atoms with Gasteiger partial charge >= 0.3 is 0 Å². The van der Waals surface area contributed by atoms with E-state index in [1.807, 2.05) is 18.3 Å². The van der Waals surface area contributed by atoms with Crippen LogP contribution in [0.25, 0.3) is 22.8 Å². The minimum absolute atomic E-state index is 0.0155. The first-order chi connectivity index (χ1) is 10.7. The molecule has 3 heterocycles. The molecule has 0 bridgehead atoms. The van der Waals surface area contributed by atoms with Crippen LogP contribution in [0.4, 0.5) is 0 Å². The normalized spacial score (nSPS) is 19.5. The van der Waals surface area contributed by atoms with Gasteiger partial charge in [0.1, 0.15) is 0 Å². The molecule has 4 nitrogen and oxygen atoms in total. The molecule has 22 heavy (non-hydrogen) atoms. The number of pyridine rings is 1. The topological polar surface area (TPSA) is 43.6 Å². The van der Waals surface area contributed by atoms with Gasteiger partial charge in [0, 0.05) is 29.1 Å². The number of hydrogen-bond acceptors (Lipinski definition) is 3. The number of hydrogen-bond donors (Lipinski definition) is 0. The lowest BCUT2D eigenvalue weighted by Crippen LogP contribution is -2.36. The molecule has 0 aliphatic carbocycles. The number of nitrogens with zero attached hydrogens (tertiary/aromatic N) is 4. The maximum atomic E-state index is 4.50. The lowest BCUT2D eigenvalue weighted by atomic mass is 9.84. The van der Waals surface area contributed by atoms with Gasteiger partial charge < -0.3 is 4.57 Å². The molecular weight excluding hydrogens is 272 g/mol. The second-order valence-corrected chi connectivity index (χ2v) is 6.11. The Bertz CT molecular complexity index is 809. The third-order valence-electron chi connectivity index (χ3n) is 4.71. The van der Waals surface area contributed by atoms with E-state index in [1.165, 1.54) is 11.1 Å². The summed E-state index contributed by atoms with van der Waals surface area (Å²) in [6.45, 7) is 4.51. The smallest absolute Gasteiger partial charge is 0.166 e. The van der Waals surface area contributed by atoms with Crippen molar-refractivity contribution in [2.75, 3.05) is 0 Å². The Hall–Kier alpha value is -2.49. The summed E-state index contributed by atoms with van der Waals surface area (Å²) in [7, 11) is 0. The van der Waals surface area contributed by atoms with Crippen molar-refractivity contribution in [2.45, 2.75) is 32.2 Å². The first-order valence-corrected chi connectivity index (χ1v) is 7.67. The molecule has 0 saturated heterocycles. The zero-order chi connectivity index (χ0) is 15.2. The van der Waals surface area contributed by atoms with Gasteiger partial charge in [0.15, 0.2) is 11.6 Å². The first kappa shape index (κ1) is 13.2. The van der Waals surface area contributed by atoms with E-state index in [0.717, 1.165) is 30.1 Å². The van der Waals surface area contributed by atoms with Crippen molar-refractivity contribution in [1.82, 2.24) is 19.7 Å². The molecule has 0 unspecified atom stereocenters. The summed E-state index contributed by atoms with van der Waals surface area (Å²) in [5.41, 5.74) is 3.54. The van der Waals surface area contributed by atoms with Gasteiger partial charge in [-0.3, -0.25) is 4.98 Å². The van der Waals surface area contributed by atoms with E-state index in [4.69, 9.17) is 0 Å². The minimum Gasteiger partial charge on any atom is -0.301 e. The molecule has 4 heteroatoms. The highest BCUT2D eigenvalue weighted by Gasteiger charge is 2.36. The Morgan fingerprint density at radius 2 is 1.91 bits per heavy atom. The van der Waals surface area contributed by atoms with Crippen LogP contribution in [-0.4, -0.2) is 19.7 Å². The number of aromatic nitrogens is 4. The van der Waals surface area contributed by atoms with Crippen LogP contribution >= 0.6 is 0 Å². The second kappa shape index (κ2) is 4.77. The second-order valence-electron chi connectivity index (χ2n) is 6.11. The van der Waals surface area contributed by atoms with Gasteiger partial charge in [0.2, 0.25) is 0 Å². The lowest BCUT2D eigenvalue weighted by molar-refractivity contribution is 0.302. The van der Waals surface area contributed by atoms with Crippen LogP contribution in [0.3, 0.4) is 0 Å². The van der Waals surface area contributed by atoms with E-state index < -0.39 is 0 Å². The van der Waals surface area contributed by atoms with Gasteiger partial charge in [-0.05, 0) is 37.5 Å². The van der Waals surface area contributed by atoms with Gasteiger partial charge in [-0.25, -0.2) is 0 Å². The zero-order valence-electron chi connectivity index (χ0n) is 12.8. The quantitative estimate of drug-likeness (QED) is 0.723. The van der Waals surface area contributed by atoms with Crippen LogP contribution in [0.1, 0.15) is 25.8 Å². The van der Waals surface area contributed by atoms with Crippen molar-refractivity contribution < 1.29 is 0 Å². The van der Waals surface area contributed by atoms with Crippen molar-refractivity contribution in [3.63, 3.8) is 0 Å². The maximum absolute atomic E-state index is 4.50. The van der Waals surface area contributed by atoms with Crippen LogP contribution in [0.15, 0.2) is 48.8 Å². The van der Waals surface area contributed by atoms with Crippen molar-refractivity contribution in [3.05, 3.63) is 54.4 Å². The number of rotatable bonds is 2. The fourth-order valence-electron chi connectivity index (χ4n) is 3.32. The predicted octanol–water partition coefficient (Wildman–Crippen LogP) is 3.69. The van der Waals surface area contributed by atoms with Crippen molar-refractivity contribution in [1.29, 1.82) is 0 Å². The highest BCUT2D eigenvalue weighted by Crippen LogP contribution is 2.41. The van der Waals surface area contributed by atoms with Crippen LogP contribution in [-0.2, 0) is 12.0 Å². The van der Waals surface area contributed by atoms with E-state index in [-0.39, 0.29) is 5.54 Å².